The van der Waals surface area contributed by atoms with E-state index in [4.69, 9.17) is 0 Å². The standard InChI is InChI=1S/C20H20N6.ClH/c1-13-7-6-10-16(11-13)24-20-17-18(21-12-22-19(17)25-26-20)23-14(2)15-8-4-3-5-9-15;/h3-12,14H,1-2H3,(H3,21,22,23,24,25,26);1H/t14-;/m1./s1. The van der Waals surface area contributed by atoms with Gasteiger partial charge in [0.2, 0.25) is 0 Å². The molecule has 0 bridgehead atoms. The summed E-state index contributed by atoms with van der Waals surface area (Å²) in [5, 5.41) is 15.0. The predicted molar refractivity (Wildman–Crippen MR) is 112 cm³/mol. The number of aromatic nitrogens is 4. The SMILES string of the molecule is Cc1cccc(Nc2[nH]nc3ncnc(N[C@H](C)c4ccccc4)c23)c1.Cl. The van der Waals surface area contributed by atoms with Crippen LogP contribution in [-0.2, 0) is 0 Å². The summed E-state index contributed by atoms with van der Waals surface area (Å²) in [6.07, 6.45) is 1.53. The van der Waals surface area contributed by atoms with Crippen molar-refractivity contribution in [3.63, 3.8) is 0 Å². The minimum atomic E-state index is 0. The van der Waals surface area contributed by atoms with E-state index in [1.807, 2.05) is 30.3 Å². The van der Waals surface area contributed by atoms with E-state index in [0.29, 0.717) is 5.65 Å². The highest BCUT2D eigenvalue weighted by Crippen LogP contribution is 2.30. The molecule has 1 atom stereocenters. The van der Waals surface area contributed by atoms with Crippen LogP contribution in [0.15, 0.2) is 60.9 Å². The van der Waals surface area contributed by atoms with Crippen molar-refractivity contribution in [1.29, 1.82) is 0 Å². The zero-order chi connectivity index (χ0) is 17.9. The highest BCUT2D eigenvalue weighted by molar-refractivity contribution is 5.97. The van der Waals surface area contributed by atoms with E-state index >= 15 is 0 Å². The van der Waals surface area contributed by atoms with Crippen molar-refractivity contribution in [3.05, 3.63) is 72.1 Å². The van der Waals surface area contributed by atoms with E-state index in [1.54, 1.807) is 0 Å². The average molecular weight is 381 g/mol. The number of hydrogen-bond donors (Lipinski definition) is 3. The molecule has 0 saturated heterocycles. The maximum atomic E-state index is 4.44. The molecule has 2 heterocycles. The Kier molecular flexibility index (Phi) is 5.57. The van der Waals surface area contributed by atoms with Gasteiger partial charge in [0, 0.05) is 11.7 Å². The molecule has 7 heteroatoms. The Hall–Kier alpha value is -3.12. The third-order valence-electron chi connectivity index (χ3n) is 4.29. The normalized spacial score (nSPS) is 11.6. The number of aryl methyl sites for hydroxylation is 1. The smallest absolute Gasteiger partial charge is 0.188 e. The highest BCUT2D eigenvalue weighted by Gasteiger charge is 2.15. The van der Waals surface area contributed by atoms with Crippen LogP contribution in [0, 0.1) is 6.92 Å². The second-order valence-corrected chi connectivity index (χ2v) is 6.29. The monoisotopic (exact) mass is 380 g/mol. The van der Waals surface area contributed by atoms with Crippen molar-refractivity contribution in [2.45, 2.75) is 19.9 Å². The lowest BCUT2D eigenvalue weighted by atomic mass is 10.1. The number of rotatable bonds is 5. The van der Waals surface area contributed by atoms with Crippen LogP contribution in [0.2, 0.25) is 0 Å². The predicted octanol–water partition coefficient (Wildman–Crippen LogP) is 5.00. The summed E-state index contributed by atoms with van der Waals surface area (Å²) in [6, 6.07) is 18.6. The number of nitrogens with zero attached hydrogens (tertiary/aromatic N) is 3. The van der Waals surface area contributed by atoms with Gasteiger partial charge in [-0.25, -0.2) is 9.97 Å². The van der Waals surface area contributed by atoms with Crippen LogP contribution < -0.4 is 10.6 Å². The van der Waals surface area contributed by atoms with Gasteiger partial charge >= 0.3 is 0 Å². The van der Waals surface area contributed by atoms with Crippen LogP contribution in [-0.4, -0.2) is 20.2 Å². The number of fused-ring (bicyclic) bond motifs is 1. The molecule has 27 heavy (non-hydrogen) atoms. The molecule has 138 valence electrons. The molecule has 6 nitrogen and oxygen atoms in total. The van der Waals surface area contributed by atoms with E-state index in [0.717, 1.165) is 22.7 Å². The van der Waals surface area contributed by atoms with Crippen LogP contribution in [0.4, 0.5) is 17.3 Å². The Morgan fingerprint density at radius 2 is 1.81 bits per heavy atom. The van der Waals surface area contributed by atoms with Gasteiger partial charge in [-0.1, -0.05) is 42.5 Å². The second-order valence-electron chi connectivity index (χ2n) is 6.29. The first-order valence-electron chi connectivity index (χ1n) is 8.55. The molecule has 0 unspecified atom stereocenters. The fourth-order valence-corrected chi connectivity index (χ4v) is 2.95. The first-order chi connectivity index (χ1) is 12.7. The van der Waals surface area contributed by atoms with Gasteiger partial charge in [-0.05, 0) is 37.1 Å². The van der Waals surface area contributed by atoms with Crippen LogP contribution in [0.25, 0.3) is 11.0 Å². The molecular weight excluding hydrogens is 360 g/mol. The summed E-state index contributed by atoms with van der Waals surface area (Å²) in [7, 11) is 0. The van der Waals surface area contributed by atoms with Crippen molar-refractivity contribution in [2.75, 3.05) is 10.6 Å². The topological polar surface area (TPSA) is 78.5 Å². The van der Waals surface area contributed by atoms with Crippen LogP contribution in [0.5, 0.6) is 0 Å². The Morgan fingerprint density at radius 1 is 1.00 bits per heavy atom. The maximum absolute atomic E-state index is 4.44. The molecule has 0 amide bonds. The summed E-state index contributed by atoms with van der Waals surface area (Å²) in [4.78, 5) is 8.71. The minimum absolute atomic E-state index is 0. The van der Waals surface area contributed by atoms with Gasteiger partial charge in [0.1, 0.15) is 23.3 Å². The number of hydrogen-bond acceptors (Lipinski definition) is 5. The van der Waals surface area contributed by atoms with Gasteiger partial charge in [0.15, 0.2) is 5.65 Å². The van der Waals surface area contributed by atoms with Gasteiger partial charge in [0.05, 0.1) is 0 Å². The van der Waals surface area contributed by atoms with Crippen molar-refractivity contribution in [2.24, 2.45) is 0 Å². The molecule has 0 saturated carbocycles. The van der Waals surface area contributed by atoms with Crippen LogP contribution in [0.1, 0.15) is 24.1 Å². The van der Waals surface area contributed by atoms with E-state index in [2.05, 4.69) is 68.9 Å². The molecule has 0 fully saturated rings. The fraction of sp³-hybridized carbons (Fsp3) is 0.150. The number of benzene rings is 2. The number of anilines is 3. The Balaban J connectivity index is 0.00000210. The summed E-state index contributed by atoms with van der Waals surface area (Å²) in [5.41, 5.74) is 3.99. The lowest BCUT2D eigenvalue weighted by molar-refractivity contribution is 0.876. The maximum Gasteiger partial charge on any atom is 0.188 e. The molecule has 2 aromatic heterocycles. The fourth-order valence-electron chi connectivity index (χ4n) is 2.95. The molecule has 4 aromatic rings. The zero-order valence-corrected chi connectivity index (χ0v) is 15.9. The number of halogens is 1. The van der Waals surface area contributed by atoms with Gasteiger partial charge in [-0.3, -0.25) is 5.10 Å². The number of nitrogens with one attached hydrogen (secondary N) is 3. The molecule has 2 aromatic carbocycles. The Bertz CT molecular complexity index is 1030. The van der Waals surface area contributed by atoms with Gasteiger partial charge in [-0.15, -0.1) is 12.4 Å². The molecule has 0 aliphatic carbocycles. The highest BCUT2D eigenvalue weighted by atomic mass is 35.5. The van der Waals surface area contributed by atoms with Crippen LogP contribution >= 0.6 is 12.4 Å². The first-order valence-corrected chi connectivity index (χ1v) is 8.55. The largest absolute Gasteiger partial charge is 0.363 e. The van der Waals surface area contributed by atoms with Crippen LogP contribution in [0.3, 0.4) is 0 Å². The molecule has 4 rings (SSSR count). The third-order valence-corrected chi connectivity index (χ3v) is 4.29. The van der Waals surface area contributed by atoms with E-state index < -0.39 is 0 Å². The lowest BCUT2D eigenvalue weighted by Crippen LogP contribution is -2.08. The quantitative estimate of drug-likeness (QED) is 0.454. The number of aromatic amines is 1. The average Bonchev–Trinajstić information content (AvgIpc) is 3.06. The molecule has 0 aliphatic heterocycles. The molecule has 0 radical (unpaired) electrons. The van der Waals surface area contributed by atoms with Crippen molar-refractivity contribution in [1.82, 2.24) is 20.2 Å². The summed E-state index contributed by atoms with van der Waals surface area (Å²) in [6.45, 7) is 4.17. The summed E-state index contributed by atoms with van der Waals surface area (Å²) in [5.74, 6) is 1.52. The first kappa shape index (κ1) is 18.7. The minimum Gasteiger partial charge on any atom is -0.363 e. The van der Waals surface area contributed by atoms with Gasteiger partial charge < -0.3 is 10.6 Å². The third kappa shape index (κ3) is 4.01. The second kappa shape index (κ2) is 8.05. The van der Waals surface area contributed by atoms with Crippen molar-refractivity contribution >= 4 is 40.8 Å². The molecule has 0 spiro atoms. The Morgan fingerprint density at radius 3 is 2.59 bits per heavy atom. The van der Waals surface area contributed by atoms with E-state index in [1.165, 1.54) is 17.5 Å². The molecular formula is C20H21ClN6. The van der Waals surface area contributed by atoms with Gasteiger partial charge in [0.25, 0.3) is 0 Å². The van der Waals surface area contributed by atoms with Crippen molar-refractivity contribution < 1.29 is 0 Å². The Labute approximate surface area is 163 Å². The van der Waals surface area contributed by atoms with E-state index in [9.17, 15) is 0 Å². The lowest BCUT2D eigenvalue weighted by Gasteiger charge is -2.16. The summed E-state index contributed by atoms with van der Waals surface area (Å²) < 4.78 is 0. The van der Waals surface area contributed by atoms with E-state index in [-0.39, 0.29) is 18.4 Å². The van der Waals surface area contributed by atoms with Gasteiger partial charge in [-0.2, -0.15) is 5.10 Å². The van der Waals surface area contributed by atoms with Crippen molar-refractivity contribution in [3.8, 4) is 0 Å². The molecule has 0 aliphatic rings. The summed E-state index contributed by atoms with van der Waals surface area (Å²) >= 11 is 0. The molecule has 3 N–H and O–H groups in total. The zero-order valence-electron chi connectivity index (χ0n) is 15.1. The number of H-pyrrole nitrogens is 1.